The van der Waals surface area contributed by atoms with Crippen LogP contribution in [0.15, 0.2) is 18.7 Å². The van der Waals surface area contributed by atoms with Crippen LogP contribution >= 0.6 is 0 Å². The Morgan fingerprint density at radius 2 is 2.00 bits per heavy atom. The predicted molar refractivity (Wildman–Crippen MR) is 52.2 cm³/mol. The molecule has 0 unspecified atom stereocenters. The Hall–Kier alpha value is -0.310. The molecule has 1 aliphatic rings. The van der Waals surface area contributed by atoms with Crippen molar-refractivity contribution in [3.05, 3.63) is 18.7 Å². The molecule has 80 valence electrons. The SMILES string of the molecule is C[n+]1ccn(CC2CCCCC2)c1.[Br-]. The lowest BCUT2D eigenvalue weighted by Crippen LogP contribution is -3.00. The van der Waals surface area contributed by atoms with Crippen molar-refractivity contribution in [3.63, 3.8) is 0 Å². The first-order valence-corrected chi connectivity index (χ1v) is 5.35. The summed E-state index contributed by atoms with van der Waals surface area (Å²) in [5.74, 6) is 0.932. The highest BCUT2D eigenvalue weighted by Gasteiger charge is 2.15. The van der Waals surface area contributed by atoms with Gasteiger partial charge in [0.2, 0.25) is 6.33 Å². The summed E-state index contributed by atoms with van der Waals surface area (Å²) in [6.45, 7) is 1.22. The molecule has 0 amide bonds. The van der Waals surface area contributed by atoms with E-state index in [4.69, 9.17) is 0 Å². The van der Waals surface area contributed by atoms with Crippen LogP contribution in [0.5, 0.6) is 0 Å². The van der Waals surface area contributed by atoms with Crippen molar-refractivity contribution in [3.8, 4) is 0 Å². The average molecular weight is 259 g/mol. The van der Waals surface area contributed by atoms with E-state index >= 15 is 0 Å². The highest BCUT2D eigenvalue weighted by Crippen LogP contribution is 2.24. The lowest BCUT2D eigenvalue weighted by atomic mass is 9.89. The van der Waals surface area contributed by atoms with Crippen molar-refractivity contribution in [2.75, 3.05) is 0 Å². The van der Waals surface area contributed by atoms with Crippen molar-refractivity contribution < 1.29 is 21.5 Å². The highest BCUT2D eigenvalue weighted by atomic mass is 79.9. The van der Waals surface area contributed by atoms with Crippen LogP contribution in [0.4, 0.5) is 0 Å². The number of aromatic nitrogens is 2. The zero-order valence-electron chi connectivity index (χ0n) is 8.82. The van der Waals surface area contributed by atoms with E-state index in [9.17, 15) is 0 Å². The van der Waals surface area contributed by atoms with Crippen molar-refractivity contribution >= 4 is 0 Å². The maximum absolute atomic E-state index is 2.32. The smallest absolute Gasteiger partial charge is 0.243 e. The van der Waals surface area contributed by atoms with Gasteiger partial charge in [0.05, 0.1) is 13.6 Å². The highest BCUT2D eigenvalue weighted by molar-refractivity contribution is 4.71. The molecule has 0 spiro atoms. The Morgan fingerprint density at radius 3 is 2.57 bits per heavy atom. The van der Waals surface area contributed by atoms with Crippen LogP contribution in [0.3, 0.4) is 0 Å². The van der Waals surface area contributed by atoms with Gasteiger partial charge in [0.1, 0.15) is 12.4 Å². The second kappa shape index (κ2) is 5.54. The number of halogens is 1. The van der Waals surface area contributed by atoms with Crippen molar-refractivity contribution in [1.82, 2.24) is 4.57 Å². The molecule has 0 bridgehead atoms. The van der Waals surface area contributed by atoms with Crippen molar-refractivity contribution in [2.24, 2.45) is 13.0 Å². The molecule has 1 aliphatic carbocycles. The summed E-state index contributed by atoms with van der Waals surface area (Å²) >= 11 is 0. The van der Waals surface area contributed by atoms with E-state index in [1.807, 2.05) is 0 Å². The van der Waals surface area contributed by atoms with E-state index in [0.29, 0.717) is 0 Å². The number of hydrogen-bond donors (Lipinski definition) is 0. The predicted octanol–water partition coefficient (Wildman–Crippen LogP) is -1.10. The van der Waals surface area contributed by atoms with Gasteiger partial charge < -0.3 is 17.0 Å². The summed E-state index contributed by atoms with van der Waals surface area (Å²) in [4.78, 5) is 0. The summed E-state index contributed by atoms with van der Waals surface area (Å²) in [6.07, 6.45) is 13.7. The zero-order chi connectivity index (χ0) is 9.10. The van der Waals surface area contributed by atoms with E-state index in [0.717, 1.165) is 5.92 Å². The first-order chi connectivity index (χ1) is 6.34. The molecule has 1 saturated carbocycles. The fraction of sp³-hybridized carbons (Fsp3) is 0.727. The molecule has 0 radical (unpaired) electrons. The van der Waals surface area contributed by atoms with Crippen LogP contribution in [0.25, 0.3) is 0 Å². The zero-order valence-corrected chi connectivity index (χ0v) is 10.4. The molecule has 1 aromatic rings. The largest absolute Gasteiger partial charge is 1.00 e. The first kappa shape index (κ1) is 11.8. The topological polar surface area (TPSA) is 8.81 Å². The van der Waals surface area contributed by atoms with Gasteiger partial charge in [0.15, 0.2) is 0 Å². The van der Waals surface area contributed by atoms with E-state index in [1.54, 1.807) is 0 Å². The summed E-state index contributed by atoms with van der Waals surface area (Å²) in [7, 11) is 2.08. The van der Waals surface area contributed by atoms with Gasteiger partial charge in [-0.3, -0.25) is 0 Å². The van der Waals surface area contributed by atoms with Crippen LogP contribution in [-0.4, -0.2) is 4.57 Å². The van der Waals surface area contributed by atoms with Crippen LogP contribution in [0.2, 0.25) is 0 Å². The minimum absolute atomic E-state index is 0. The molecular formula is C11H19BrN2. The summed E-state index contributed by atoms with van der Waals surface area (Å²) in [5.41, 5.74) is 0. The summed E-state index contributed by atoms with van der Waals surface area (Å²) in [5, 5.41) is 0. The Bertz CT molecular complexity index is 264. The fourth-order valence-corrected chi connectivity index (χ4v) is 2.28. The Balaban J connectivity index is 0.000000980. The second-order valence-electron chi connectivity index (χ2n) is 4.28. The molecule has 0 saturated heterocycles. The summed E-state index contributed by atoms with van der Waals surface area (Å²) in [6, 6.07) is 0. The molecule has 0 aliphatic heterocycles. The quantitative estimate of drug-likeness (QED) is 0.596. The number of rotatable bonds is 2. The Labute approximate surface area is 96.7 Å². The van der Waals surface area contributed by atoms with Gasteiger partial charge in [-0.1, -0.05) is 19.3 Å². The molecule has 0 aromatic carbocycles. The van der Waals surface area contributed by atoms with E-state index in [1.165, 1.54) is 38.6 Å². The molecule has 0 N–H and O–H groups in total. The lowest BCUT2D eigenvalue weighted by molar-refractivity contribution is -0.671. The van der Waals surface area contributed by atoms with E-state index in [2.05, 4.69) is 34.9 Å². The molecule has 1 heterocycles. The van der Waals surface area contributed by atoms with Gasteiger partial charge in [-0.05, 0) is 18.8 Å². The van der Waals surface area contributed by atoms with E-state index < -0.39 is 0 Å². The van der Waals surface area contributed by atoms with Crippen LogP contribution in [-0.2, 0) is 13.6 Å². The van der Waals surface area contributed by atoms with Crippen LogP contribution in [0.1, 0.15) is 32.1 Å². The molecule has 0 atom stereocenters. The standard InChI is InChI=1S/C11H19N2.BrH/c1-12-7-8-13(10-12)9-11-5-3-2-4-6-11;/h7-8,10-11H,2-6,9H2,1H3;1H/q+1;/p-1. The molecular weight excluding hydrogens is 240 g/mol. The monoisotopic (exact) mass is 258 g/mol. The number of aryl methyl sites for hydroxylation is 1. The molecule has 1 aromatic heterocycles. The minimum Gasteiger partial charge on any atom is -1.00 e. The fourth-order valence-electron chi connectivity index (χ4n) is 2.28. The molecule has 2 nitrogen and oxygen atoms in total. The van der Waals surface area contributed by atoms with Crippen LogP contribution < -0.4 is 21.5 Å². The number of hydrogen-bond acceptors (Lipinski definition) is 0. The Morgan fingerprint density at radius 1 is 1.29 bits per heavy atom. The van der Waals surface area contributed by atoms with Gasteiger partial charge in [-0.2, -0.15) is 0 Å². The van der Waals surface area contributed by atoms with Crippen LogP contribution in [0, 0.1) is 5.92 Å². The van der Waals surface area contributed by atoms with E-state index in [-0.39, 0.29) is 17.0 Å². The number of imidazole rings is 1. The van der Waals surface area contributed by atoms with Gasteiger partial charge in [0, 0.05) is 0 Å². The van der Waals surface area contributed by atoms with Crippen molar-refractivity contribution in [1.29, 1.82) is 0 Å². The molecule has 2 rings (SSSR count). The van der Waals surface area contributed by atoms with Gasteiger partial charge in [-0.15, -0.1) is 0 Å². The number of nitrogens with zero attached hydrogens (tertiary/aromatic N) is 2. The molecule has 3 heteroatoms. The molecule has 1 fully saturated rings. The average Bonchev–Trinajstić information content (AvgIpc) is 2.53. The third kappa shape index (κ3) is 3.12. The summed E-state index contributed by atoms with van der Waals surface area (Å²) < 4.78 is 4.43. The maximum atomic E-state index is 2.32. The maximum Gasteiger partial charge on any atom is 0.243 e. The minimum atomic E-state index is 0. The van der Waals surface area contributed by atoms with Gasteiger partial charge in [-0.25, -0.2) is 9.13 Å². The lowest BCUT2D eigenvalue weighted by Gasteiger charge is -2.19. The Kier molecular flexibility index (Phi) is 4.66. The second-order valence-corrected chi connectivity index (χ2v) is 4.28. The third-order valence-corrected chi connectivity index (χ3v) is 3.02. The van der Waals surface area contributed by atoms with Gasteiger partial charge >= 0.3 is 0 Å². The molecule has 14 heavy (non-hydrogen) atoms. The first-order valence-electron chi connectivity index (χ1n) is 5.35. The normalized spacial score (nSPS) is 17.8. The van der Waals surface area contributed by atoms with Crippen molar-refractivity contribution in [2.45, 2.75) is 38.6 Å². The third-order valence-electron chi connectivity index (χ3n) is 3.02. The van der Waals surface area contributed by atoms with Gasteiger partial charge in [0.25, 0.3) is 0 Å².